The van der Waals surface area contributed by atoms with Gasteiger partial charge in [-0.1, -0.05) is 12.1 Å². The van der Waals surface area contributed by atoms with Gasteiger partial charge in [0.25, 0.3) is 12.3 Å². The number of alkyl halides is 2. The molecule has 0 aliphatic rings. The van der Waals surface area contributed by atoms with E-state index >= 15 is 0 Å². The van der Waals surface area contributed by atoms with Crippen LogP contribution in [0.4, 0.5) is 13.2 Å². The number of aromatic nitrogens is 4. The van der Waals surface area contributed by atoms with Crippen molar-refractivity contribution in [2.24, 2.45) is 0 Å². The van der Waals surface area contributed by atoms with Gasteiger partial charge in [0.15, 0.2) is 11.4 Å². The van der Waals surface area contributed by atoms with Gasteiger partial charge in [-0.3, -0.25) is 9.13 Å². The summed E-state index contributed by atoms with van der Waals surface area (Å²) in [4.78, 5) is 22.6. The van der Waals surface area contributed by atoms with Crippen molar-refractivity contribution in [3.05, 3.63) is 70.2 Å². The van der Waals surface area contributed by atoms with Crippen LogP contribution in [-0.4, -0.2) is 59.7 Å². The highest BCUT2D eigenvalue weighted by molar-refractivity contribution is 7.90. The minimum atomic E-state index is -3.72. The molecule has 0 unspecified atom stereocenters. The third-order valence-electron chi connectivity index (χ3n) is 6.16. The maximum absolute atomic E-state index is 13.7. The second-order valence-corrected chi connectivity index (χ2v) is 11.1. The zero-order valence-corrected chi connectivity index (χ0v) is 22.5. The van der Waals surface area contributed by atoms with E-state index in [1.807, 2.05) is 0 Å². The van der Waals surface area contributed by atoms with Crippen LogP contribution in [0.25, 0.3) is 22.3 Å². The number of halogens is 3. The van der Waals surface area contributed by atoms with Gasteiger partial charge in [0.05, 0.1) is 43.3 Å². The zero-order chi connectivity index (χ0) is 28.5. The lowest BCUT2D eigenvalue weighted by atomic mass is 10.0. The van der Waals surface area contributed by atoms with Gasteiger partial charge >= 0.3 is 5.69 Å². The summed E-state index contributed by atoms with van der Waals surface area (Å²) in [5.41, 5.74) is 0.902. The first-order chi connectivity index (χ1) is 18.4. The van der Waals surface area contributed by atoms with Crippen LogP contribution in [0.2, 0.25) is 0 Å². The van der Waals surface area contributed by atoms with Crippen molar-refractivity contribution in [1.29, 1.82) is 0 Å². The Labute approximate surface area is 222 Å². The predicted octanol–water partition coefficient (Wildman–Crippen LogP) is 4.01. The first-order valence-corrected chi connectivity index (χ1v) is 14.0. The van der Waals surface area contributed by atoms with Gasteiger partial charge in [0.2, 0.25) is 0 Å². The van der Waals surface area contributed by atoms with Crippen molar-refractivity contribution in [2.45, 2.75) is 32.9 Å². The summed E-state index contributed by atoms with van der Waals surface area (Å²) in [5, 5.41) is 0. The largest absolute Gasteiger partial charge is 0.491 e. The average molecular weight is 565 g/mol. The molecule has 0 fully saturated rings. The Bertz CT molecular complexity index is 1670. The fourth-order valence-corrected chi connectivity index (χ4v) is 5.40. The van der Waals surface area contributed by atoms with Crippen LogP contribution in [0, 0.1) is 12.7 Å². The molecule has 0 spiro atoms. The topological polar surface area (TPSA) is 105 Å². The summed E-state index contributed by atoms with van der Waals surface area (Å²) in [6, 6.07) is 7.33. The molecule has 4 rings (SSSR count). The van der Waals surface area contributed by atoms with Crippen LogP contribution in [0.3, 0.4) is 0 Å². The number of sulfone groups is 1. The van der Waals surface area contributed by atoms with Crippen LogP contribution in [0.5, 0.6) is 11.6 Å². The Hall–Kier alpha value is -3.87. The fourth-order valence-electron chi connectivity index (χ4n) is 4.51. The smallest absolute Gasteiger partial charge is 0.331 e. The molecule has 1 atom stereocenters. The van der Waals surface area contributed by atoms with Crippen LogP contribution < -0.4 is 15.2 Å². The van der Waals surface area contributed by atoms with Crippen molar-refractivity contribution >= 4 is 21.0 Å². The highest BCUT2D eigenvalue weighted by atomic mass is 32.2. The molecule has 39 heavy (non-hydrogen) atoms. The van der Waals surface area contributed by atoms with Gasteiger partial charge in [-0.2, -0.15) is 0 Å². The number of pyridine rings is 2. The van der Waals surface area contributed by atoms with E-state index in [1.165, 1.54) is 49.7 Å². The monoisotopic (exact) mass is 564 g/mol. The van der Waals surface area contributed by atoms with E-state index < -0.39 is 46.1 Å². The Morgan fingerprint density at radius 3 is 2.38 bits per heavy atom. The van der Waals surface area contributed by atoms with Crippen molar-refractivity contribution in [2.75, 3.05) is 25.7 Å². The standard InChI is InChI=1S/C26H27F3N4O5S/c1-5-38-25-21(37-3)11-10-19(31-25)20(14-39(4,35)36)33-24-23(32(26(33)34)13-22(28)29)15(2)18(12-30-24)16-6-8-17(27)9-7-16/h6-12,20,22H,5,13-14H2,1-4H3/t20-/m1/s1. The Kier molecular flexibility index (Phi) is 8.00. The molecule has 0 amide bonds. The number of imidazole rings is 1. The van der Waals surface area contributed by atoms with Gasteiger partial charge in [-0.15, -0.1) is 0 Å². The molecule has 0 saturated carbocycles. The molecule has 9 nitrogen and oxygen atoms in total. The molecule has 3 aromatic heterocycles. The lowest BCUT2D eigenvalue weighted by Gasteiger charge is -2.19. The maximum Gasteiger partial charge on any atom is 0.331 e. The highest BCUT2D eigenvalue weighted by Gasteiger charge is 2.30. The van der Waals surface area contributed by atoms with E-state index in [4.69, 9.17) is 9.47 Å². The summed E-state index contributed by atoms with van der Waals surface area (Å²) in [7, 11) is -2.30. The fraction of sp³-hybridized carbons (Fsp3) is 0.346. The third kappa shape index (κ3) is 5.77. The second kappa shape index (κ2) is 11.1. The Balaban J connectivity index is 2.03. The molecule has 0 aliphatic carbocycles. The average Bonchev–Trinajstić information content (AvgIpc) is 3.14. The summed E-state index contributed by atoms with van der Waals surface area (Å²) in [6.07, 6.45) is -0.438. The molecule has 0 N–H and O–H groups in total. The lowest BCUT2D eigenvalue weighted by Crippen LogP contribution is -2.33. The minimum absolute atomic E-state index is 0.00763. The number of hydrogen-bond donors (Lipinski definition) is 0. The molecule has 0 aliphatic heterocycles. The second-order valence-electron chi connectivity index (χ2n) is 8.92. The Morgan fingerprint density at radius 1 is 1.10 bits per heavy atom. The number of fused-ring (bicyclic) bond motifs is 1. The van der Waals surface area contributed by atoms with Crippen LogP contribution in [0.15, 0.2) is 47.4 Å². The van der Waals surface area contributed by atoms with E-state index in [1.54, 1.807) is 13.8 Å². The molecule has 4 aromatic rings. The summed E-state index contributed by atoms with van der Waals surface area (Å²) in [6.45, 7) is 2.67. The minimum Gasteiger partial charge on any atom is -0.491 e. The van der Waals surface area contributed by atoms with Crippen molar-refractivity contribution < 1.29 is 31.1 Å². The zero-order valence-electron chi connectivity index (χ0n) is 21.7. The molecule has 3 heterocycles. The van der Waals surface area contributed by atoms with Crippen molar-refractivity contribution in [1.82, 2.24) is 19.1 Å². The van der Waals surface area contributed by atoms with Crippen molar-refractivity contribution in [3.63, 3.8) is 0 Å². The molecule has 0 bridgehead atoms. The molecule has 208 valence electrons. The van der Waals surface area contributed by atoms with E-state index in [2.05, 4.69) is 9.97 Å². The van der Waals surface area contributed by atoms with Crippen LogP contribution in [0.1, 0.15) is 24.2 Å². The van der Waals surface area contributed by atoms with Gasteiger partial charge in [0.1, 0.15) is 15.7 Å². The number of hydrogen-bond acceptors (Lipinski definition) is 7. The quantitative estimate of drug-likeness (QED) is 0.287. The van der Waals surface area contributed by atoms with E-state index in [0.717, 1.165) is 15.4 Å². The summed E-state index contributed by atoms with van der Waals surface area (Å²) < 4.78 is 78.7. The number of aryl methyl sites for hydroxylation is 1. The molecular formula is C26H27F3N4O5S. The number of benzene rings is 1. The summed E-state index contributed by atoms with van der Waals surface area (Å²) >= 11 is 0. The molecule has 0 saturated heterocycles. The molecule has 1 aromatic carbocycles. The third-order valence-corrected chi connectivity index (χ3v) is 7.08. The van der Waals surface area contributed by atoms with E-state index in [9.17, 15) is 26.4 Å². The molecular weight excluding hydrogens is 537 g/mol. The Morgan fingerprint density at radius 2 is 1.79 bits per heavy atom. The number of nitrogens with zero attached hydrogens (tertiary/aromatic N) is 4. The predicted molar refractivity (Wildman–Crippen MR) is 140 cm³/mol. The molecule has 0 radical (unpaired) electrons. The first-order valence-electron chi connectivity index (χ1n) is 11.9. The van der Waals surface area contributed by atoms with E-state index in [-0.39, 0.29) is 29.3 Å². The first kappa shape index (κ1) is 28.1. The number of methoxy groups -OCH3 is 1. The van der Waals surface area contributed by atoms with E-state index in [0.29, 0.717) is 22.4 Å². The highest BCUT2D eigenvalue weighted by Crippen LogP contribution is 2.33. The van der Waals surface area contributed by atoms with Gasteiger partial charge in [0, 0.05) is 18.0 Å². The van der Waals surface area contributed by atoms with Crippen molar-refractivity contribution in [3.8, 4) is 22.8 Å². The van der Waals surface area contributed by atoms with Crippen LogP contribution in [-0.2, 0) is 16.4 Å². The lowest BCUT2D eigenvalue weighted by molar-refractivity contribution is 0.126. The number of rotatable bonds is 10. The van der Waals surface area contributed by atoms with Gasteiger partial charge in [-0.25, -0.2) is 36.4 Å². The number of ether oxygens (including phenoxy) is 2. The maximum atomic E-state index is 13.7. The summed E-state index contributed by atoms with van der Waals surface area (Å²) in [5.74, 6) is -0.633. The SMILES string of the molecule is CCOc1nc([C@@H](CS(C)(=O)=O)n2c(=O)n(CC(F)F)c3c(C)c(-c4ccc(F)cc4)cnc32)ccc1OC. The van der Waals surface area contributed by atoms with Gasteiger partial charge < -0.3 is 9.47 Å². The normalized spacial score (nSPS) is 12.7. The molecule has 13 heteroatoms. The van der Waals surface area contributed by atoms with Gasteiger partial charge in [-0.05, 0) is 49.2 Å². The van der Waals surface area contributed by atoms with Crippen LogP contribution >= 0.6 is 0 Å².